The van der Waals surface area contributed by atoms with Gasteiger partial charge in [-0.3, -0.25) is 0 Å². The molecule has 0 atom stereocenters. The lowest BCUT2D eigenvalue weighted by Gasteiger charge is -2.14. The summed E-state index contributed by atoms with van der Waals surface area (Å²) in [6.07, 6.45) is 0. The van der Waals surface area contributed by atoms with Gasteiger partial charge >= 0.3 is 0 Å². The molecule has 406 valence electrons. The van der Waals surface area contributed by atoms with Gasteiger partial charge in [-0.2, -0.15) is 0 Å². The fraction of sp³-hybridized carbons (Fsp3) is 0. The van der Waals surface area contributed by atoms with Gasteiger partial charge in [0.15, 0.2) is 0 Å². The quantitative estimate of drug-likeness (QED) is 0.130. The van der Waals surface area contributed by atoms with E-state index in [1.54, 1.807) is 45.3 Å². The number of aromatic nitrogens is 2. The number of nitrogens with zero attached hydrogens (tertiary/aromatic N) is 2. The van der Waals surface area contributed by atoms with Gasteiger partial charge in [0, 0.05) is 82.1 Å². The maximum Gasteiger partial charge on any atom is 0.123 e. The maximum absolute atomic E-state index is 15.2. The summed E-state index contributed by atoms with van der Waals surface area (Å²) in [4.78, 5) is 11.8. The molecule has 0 unspecified atom stereocenters. The van der Waals surface area contributed by atoms with Crippen molar-refractivity contribution in [1.29, 1.82) is 0 Å². The van der Waals surface area contributed by atoms with Crippen molar-refractivity contribution in [1.82, 2.24) is 9.97 Å². The third-order valence-corrected chi connectivity index (χ3v) is 21.4. The van der Waals surface area contributed by atoms with E-state index >= 15 is 17.6 Å². The Morgan fingerprint density at radius 2 is 0.372 bits per heavy atom. The Hall–Kier alpha value is -9.68. The highest BCUT2D eigenvalue weighted by Gasteiger charge is 2.32. The van der Waals surface area contributed by atoms with Gasteiger partial charge in [0.2, 0.25) is 0 Å². The Bertz CT molecular complexity index is 4930. The number of halogens is 4. The Morgan fingerprint density at radius 1 is 0.186 bits per heavy atom. The van der Waals surface area contributed by atoms with Crippen LogP contribution in [0.3, 0.4) is 0 Å². The molecule has 0 radical (unpaired) electrons. The van der Waals surface area contributed by atoms with Gasteiger partial charge in [-0.15, -0.1) is 45.3 Å². The molecule has 10 aromatic carbocycles. The minimum Gasteiger partial charge on any atom is -0.246 e. The third-order valence-electron chi connectivity index (χ3n) is 16.6. The monoisotopic (exact) mass is 1180 g/mol. The van der Waals surface area contributed by atoms with Crippen LogP contribution < -0.4 is 0 Å². The van der Waals surface area contributed by atoms with E-state index in [0.717, 1.165) is 170 Å². The zero-order valence-corrected chi connectivity index (χ0v) is 48.4. The molecule has 2 aliphatic rings. The van der Waals surface area contributed by atoms with Crippen LogP contribution in [-0.2, 0) is 0 Å². The summed E-state index contributed by atoms with van der Waals surface area (Å²) in [6.45, 7) is 0. The van der Waals surface area contributed by atoms with Crippen molar-refractivity contribution in [2.24, 2.45) is 0 Å². The van der Waals surface area contributed by atoms with Crippen LogP contribution in [0.5, 0.6) is 0 Å². The first-order valence-electron chi connectivity index (χ1n) is 28.0. The van der Waals surface area contributed by atoms with E-state index in [2.05, 4.69) is 146 Å². The number of hydrogen-bond acceptors (Lipinski definition) is 6. The predicted octanol–water partition coefficient (Wildman–Crippen LogP) is 23.8. The van der Waals surface area contributed by atoms with E-state index in [1.165, 1.54) is 48.5 Å². The van der Waals surface area contributed by atoms with Gasteiger partial charge in [0.25, 0.3) is 0 Å². The molecule has 0 aliphatic carbocycles. The van der Waals surface area contributed by atoms with Crippen LogP contribution in [0.1, 0.15) is 0 Å². The van der Waals surface area contributed by atoms with Crippen LogP contribution >= 0.6 is 45.3 Å². The molecule has 0 saturated heterocycles. The Kier molecular flexibility index (Phi) is 11.8. The minimum absolute atomic E-state index is 0.348. The lowest BCUT2D eigenvalue weighted by molar-refractivity contribution is 0.627. The fourth-order valence-electron chi connectivity index (χ4n) is 12.9. The van der Waals surface area contributed by atoms with E-state index in [0.29, 0.717) is 0 Å². The molecule has 2 nitrogen and oxygen atoms in total. The van der Waals surface area contributed by atoms with Crippen molar-refractivity contribution in [2.75, 3.05) is 0 Å². The highest BCUT2D eigenvalue weighted by molar-refractivity contribution is 7.31. The Morgan fingerprint density at radius 3 is 0.581 bits per heavy atom. The van der Waals surface area contributed by atoms with Gasteiger partial charge < -0.3 is 0 Å². The fourth-order valence-corrected chi connectivity index (χ4v) is 17.4. The molecule has 0 spiro atoms. The lowest BCUT2D eigenvalue weighted by atomic mass is 9.87. The second-order valence-electron chi connectivity index (χ2n) is 21.5. The zero-order valence-electron chi connectivity index (χ0n) is 45.1. The van der Waals surface area contributed by atoms with Crippen LogP contribution in [-0.4, -0.2) is 9.97 Å². The number of hydrogen-bond donors (Lipinski definition) is 0. The molecule has 15 aromatic rings. The lowest BCUT2D eigenvalue weighted by Crippen LogP contribution is -1.89. The first-order chi connectivity index (χ1) is 42.3. The van der Waals surface area contributed by atoms with Crippen LogP contribution in [0.15, 0.2) is 243 Å². The predicted molar refractivity (Wildman–Crippen MR) is 357 cm³/mol. The van der Waals surface area contributed by atoms with Crippen LogP contribution in [0.4, 0.5) is 17.6 Å². The van der Waals surface area contributed by atoms with Gasteiger partial charge in [-0.25, -0.2) is 27.5 Å². The summed E-state index contributed by atoms with van der Waals surface area (Å²) in [6, 6.07) is 77.9. The topological polar surface area (TPSA) is 25.8 Å². The molecule has 12 bridgehead atoms. The molecule has 17 rings (SSSR count). The van der Waals surface area contributed by atoms with Gasteiger partial charge in [0.05, 0.1) is 22.8 Å². The van der Waals surface area contributed by atoms with E-state index in [4.69, 9.17) is 9.97 Å². The van der Waals surface area contributed by atoms with E-state index in [-0.39, 0.29) is 23.3 Å². The number of fused-ring (bicyclic) bond motifs is 30. The SMILES string of the molecule is Fc1ccc(-c2c3nc(c(-c4ccc(F)cc4)c4ccc(s4)c4ccc(s4)c(-c4ccc(F)cc4)c4nc(c(-c5ccc(F)cc5)c5ccc(s5)c5ccc2s5)-c2c-4c4ccccc4c4ccccc24)-c2c-3c3ccccc3c3ccccc23)cc1. The largest absolute Gasteiger partial charge is 0.246 e. The summed E-state index contributed by atoms with van der Waals surface area (Å²) in [5.41, 5.74) is 13.4. The van der Waals surface area contributed by atoms with Crippen molar-refractivity contribution in [3.05, 3.63) is 266 Å². The standard InChI is InChI=1S/C76H40F4N2S4/c77-45-25-17-41(18-26-45)65-61-37-33-57(83-61)58-35-39-63(85-58)67(43-21-29-47(79)30-22-43)75-71-55-15-7-3-11-51(55)52-12-4-8-16-56(52)72(71)76(82-75)68(44-23-31-48(80)32-24-44)64-40-36-60(86-64)59-34-38-62(84-59)66(42-19-27-46(78)28-20-42)74-70-54-14-6-2-10-50(54)49-9-1-5-13-53(49)69(70)73(65)81-74/h1-40H. The van der Waals surface area contributed by atoms with Crippen LogP contribution in [0.25, 0.3) is 170 Å². The van der Waals surface area contributed by atoms with Crippen molar-refractivity contribution in [2.45, 2.75) is 0 Å². The average Bonchev–Trinajstić information content (AvgIpc) is 1.66. The molecule has 0 saturated carbocycles. The molecule has 2 aliphatic heterocycles. The van der Waals surface area contributed by atoms with Gasteiger partial charge in [-0.05, 0) is 162 Å². The van der Waals surface area contributed by atoms with Crippen molar-refractivity contribution >= 4 is 126 Å². The molecule has 7 heterocycles. The van der Waals surface area contributed by atoms with Crippen molar-refractivity contribution in [3.63, 3.8) is 0 Å². The zero-order chi connectivity index (χ0) is 57.3. The second-order valence-corrected chi connectivity index (χ2v) is 25.8. The molecule has 10 heteroatoms. The summed E-state index contributed by atoms with van der Waals surface area (Å²) >= 11 is 6.58. The van der Waals surface area contributed by atoms with E-state index in [9.17, 15) is 0 Å². The first kappa shape index (κ1) is 50.8. The highest BCUT2D eigenvalue weighted by Crippen LogP contribution is 2.56. The number of benzene rings is 10. The van der Waals surface area contributed by atoms with Gasteiger partial charge in [0.1, 0.15) is 23.3 Å². The molecule has 0 amide bonds. The number of rotatable bonds is 4. The van der Waals surface area contributed by atoms with Crippen LogP contribution in [0, 0.1) is 23.3 Å². The summed E-state index contributed by atoms with van der Waals surface area (Å²) in [7, 11) is 0. The molecule has 5 aromatic heterocycles. The van der Waals surface area contributed by atoms with Crippen molar-refractivity contribution in [3.8, 4) is 89.5 Å². The summed E-state index contributed by atoms with van der Waals surface area (Å²) in [5.74, 6) is -1.39. The smallest absolute Gasteiger partial charge is 0.123 e. The molecular formula is C76H40F4N2S4. The van der Waals surface area contributed by atoms with Crippen molar-refractivity contribution < 1.29 is 17.6 Å². The second kappa shape index (κ2) is 20.0. The van der Waals surface area contributed by atoms with E-state index < -0.39 is 0 Å². The minimum atomic E-state index is -0.348. The Balaban J connectivity index is 1.11. The highest BCUT2D eigenvalue weighted by atomic mass is 32.1. The molecule has 0 N–H and O–H groups in total. The molecule has 86 heavy (non-hydrogen) atoms. The molecule has 0 fully saturated rings. The average molecular weight is 1190 g/mol. The number of thiophene rings is 4. The normalized spacial score (nSPS) is 12.0. The first-order valence-corrected chi connectivity index (χ1v) is 31.3. The van der Waals surface area contributed by atoms with Crippen LogP contribution in [0.2, 0.25) is 0 Å². The summed E-state index contributed by atoms with van der Waals surface area (Å²) < 4.78 is 68.6. The third kappa shape index (κ3) is 8.08. The summed E-state index contributed by atoms with van der Waals surface area (Å²) in [5, 5.41) is 8.37. The Labute approximate surface area is 505 Å². The van der Waals surface area contributed by atoms with E-state index in [1.807, 2.05) is 48.5 Å². The van der Waals surface area contributed by atoms with Gasteiger partial charge in [-0.1, -0.05) is 146 Å². The molecular weight excluding hydrogens is 1150 g/mol. The maximum atomic E-state index is 15.2.